The van der Waals surface area contributed by atoms with Gasteiger partial charge in [-0.15, -0.1) is 5.10 Å². The highest BCUT2D eigenvalue weighted by Gasteiger charge is 2.29. The number of nitrogens with zero attached hydrogens (tertiary/aromatic N) is 3. The number of carbonyl (C=O) groups excluding carboxylic acids is 2. The molecule has 0 aromatic carbocycles. The van der Waals surface area contributed by atoms with Crippen molar-refractivity contribution in [2.45, 2.75) is 39.0 Å². The lowest BCUT2D eigenvalue weighted by Gasteiger charge is -2.29. The number of piperidine rings is 1. The van der Waals surface area contributed by atoms with Crippen molar-refractivity contribution in [3.63, 3.8) is 0 Å². The van der Waals surface area contributed by atoms with Crippen molar-refractivity contribution in [3.8, 4) is 0 Å². The van der Waals surface area contributed by atoms with E-state index in [1.165, 1.54) is 0 Å². The van der Waals surface area contributed by atoms with Gasteiger partial charge >= 0.3 is 0 Å². The number of primary amides is 1. The molecule has 1 saturated heterocycles. The van der Waals surface area contributed by atoms with Gasteiger partial charge in [0.15, 0.2) is 0 Å². The third-order valence-electron chi connectivity index (χ3n) is 3.57. The summed E-state index contributed by atoms with van der Waals surface area (Å²) in [6, 6.07) is 0. The fourth-order valence-electron chi connectivity index (χ4n) is 2.20. The van der Waals surface area contributed by atoms with E-state index < -0.39 is 0 Å². The van der Waals surface area contributed by atoms with E-state index in [9.17, 15) is 9.59 Å². The first kappa shape index (κ1) is 14.5. The first-order valence-electron chi connectivity index (χ1n) is 6.80. The van der Waals surface area contributed by atoms with Gasteiger partial charge < -0.3 is 10.6 Å². The second kappa shape index (κ2) is 5.22. The number of nitrogens with two attached hydrogens (primary N) is 1. The maximum Gasteiger partial charge on any atom is 0.293 e. The predicted molar refractivity (Wildman–Crippen MR) is 72.9 cm³/mol. The van der Waals surface area contributed by atoms with Gasteiger partial charge in [0, 0.05) is 24.4 Å². The Balaban J connectivity index is 2.02. The quantitative estimate of drug-likeness (QED) is 0.819. The van der Waals surface area contributed by atoms with Crippen LogP contribution in [0.1, 0.15) is 50.1 Å². The zero-order chi connectivity index (χ0) is 14.9. The van der Waals surface area contributed by atoms with E-state index >= 15 is 0 Å². The second-order valence-electron chi connectivity index (χ2n) is 6.23. The maximum atomic E-state index is 12.3. The molecule has 0 bridgehead atoms. The van der Waals surface area contributed by atoms with Gasteiger partial charge in [-0.3, -0.25) is 14.7 Å². The van der Waals surface area contributed by atoms with Crippen LogP contribution in [-0.2, 0) is 10.2 Å². The Labute approximate surface area is 117 Å². The number of amides is 2. The van der Waals surface area contributed by atoms with Gasteiger partial charge in [0.2, 0.25) is 11.7 Å². The van der Waals surface area contributed by atoms with Crippen LogP contribution in [0.5, 0.6) is 0 Å². The molecular weight excluding hydrogens is 258 g/mol. The second-order valence-corrected chi connectivity index (χ2v) is 6.23. The Bertz CT molecular complexity index is 509. The predicted octanol–water partition coefficient (Wildman–Crippen LogP) is 0.440. The number of carbonyl (C=O) groups is 2. The molecule has 0 radical (unpaired) electrons. The van der Waals surface area contributed by atoms with Crippen molar-refractivity contribution < 1.29 is 9.59 Å². The Hall–Kier alpha value is -1.92. The molecular formula is C13H21N5O2. The third kappa shape index (κ3) is 2.97. The average Bonchev–Trinajstić information content (AvgIpc) is 2.87. The van der Waals surface area contributed by atoms with Crippen molar-refractivity contribution in [2.75, 3.05) is 13.1 Å². The fraction of sp³-hybridized carbons (Fsp3) is 0.692. The summed E-state index contributed by atoms with van der Waals surface area (Å²) in [6.45, 7) is 7.04. The molecule has 2 rings (SSSR count). The standard InChI is InChI=1S/C13H21N5O2/c1-13(2,3)12-15-10(16-17-12)11(20)18-6-4-8(5-7-18)9(14)19/h8H,4-7H2,1-3H3,(H2,14,19)(H,15,16,17). The van der Waals surface area contributed by atoms with Gasteiger partial charge in [-0.2, -0.15) is 0 Å². The molecule has 1 aliphatic rings. The van der Waals surface area contributed by atoms with Gasteiger partial charge in [0.1, 0.15) is 5.82 Å². The number of aromatic amines is 1. The summed E-state index contributed by atoms with van der Waals surface area (Å²) >= 11 is 0. The van der Waals surface area contributed by atoms with Crippen LogP contribution in [0.25, 0.3) is 0 Å². The normalized spacial score (nSPS) is 17.2. The minimum absolute atomic E-state index is 0.128. The average molecular weight is 279 g/mol. The van der Waals surface area contributed by atoms with Crippen molar-refractivity contribution in [3.05, 3.63) is 11.6 Å². The number of likely N-dealkylation sites (tertiary alicyclic amines) is 1. The molecule has 1 aromatic heterocycles. The lowest BCUT2D eigenvalue weighted by Crippen LogP contribution is -2.42. The van der Waals surface area contributed by atoms with Crippen molar-refractivity contribution >= 4 is 11.8 Å². The molecule has 0 unspecified atom stereocenters. The van der Waals surface area contributed by atoms with Crippen molar-refractivity contribution in [1.29, 1.82) is 0 Å². The van der Waals surface area contributed by atoms with E-state index in [-0.39, 0.29) is 29.0 Å². The third-order valence-corrected chi connectivity index (χ3v) is 3.57. The first-order chi connectivity index (χ1) is 9.29. The molecule has 7 nitrogen and oxygen atoms in total. The van der Waals surface area contributed by atoms with E-state index in [1.807, 2.05) is 20.8 Å². The molecule has 0 aliphatic carbocycles. The Morgan fingerprint density at radius 3 is 2.35 bits per heavy atom. The Morgan fingerprint density at radius 1 is 1.30 bits per heavy atom. The summed E-state index contributed by atoms with van der Waals surface area (Å²) in [5.74, 6) is 0.265. The molecule has 0 spiro atoms. The molecule has 2 heterocycles. The number of rotatable bonds is 2. The van der Waals surface area contributed by atoms with Crippen LogP contribution in [0.3, 0.4) is 0 Å². The summed E-state index contributed by atoms with van der Waals surface area (Å²) in [7, 11) is 0. The molecule has 0 atom stereocenters. The van der Waals surface area contributed by atoms with E-state index in [0.29, 0.717) is 31.8 Å². The number of hydrogen-bond donors (Lipinski definition) is 2. The van der Waals surface area contributed by atoms with Crippen LogP contribution in [0.4, 0.5) is 0 Å². The molecule has 2 amide bonds. The van der Waals surface area contributed by atoms with Crippen LogP contribution in [0, 0.1) is 5.92 Å². The van der Waals surface area contributed by atoms with E-state index in [1.54, 1.807) is 4.90 Å². The molecule has 1 aromatic rings. The van der Waals surface area contributed by atoms with Gasteiger partial charge in [0.25, 0.3) is 5.91 Å². The van der Waals surface area contributed by atoms with Gasteiger partial charge in [-0.25, -0.2) is 4.98 Å². The van der Waals surface area contributed by atoms with Gasteiger partial charge in [-0.1, -0.05) is 20.8 Å². The lowest BCUT2D eigenvalue weighted by atomic mass is 9.96. The molecule has 7 heteroatoms. The number of H-pyrrole nitrogens is 1. The first-order valence-corrected chi connectivity index (χ1v) is 6.80. The van der Waals surface area contributed by atoms with Crippen molar-refractivity contribution in [1.82, 2.24) is 20.1 Å². The van der Waals surface area contributed by atoms with Crippen LogP contribution in [0.2, 0.25) is 0 Å². The van der Waals surface area contributed by atoms with Gasteiger partial charge in [-0.05, 0) is 12.8 Å². The van der Waals surface area contributed by atoms with E-state index in [4.69, 9.17) is 5.73 Å². The van der Waals surface area contributed by atoms with Crippen LogP contribution >= 0.6 is 0 Å². The minimum atomic E-state index is -0.287. The molecule has 110 valence electrons. The Kier molecular flexibility index (Phi) is 3.78. The minimum Gasteiger partial charge on any atom is -0.369 e. The number of nitrogens with one attached hydrogen (secondary N) is 1. The fourth-order valence-corrected chi connectivity index (χ4v) is 2.20. The molecule has 3 N–H and O–H groups in total. The highest BCUT2D eigenvalue weighted by Crippen LogP contribution is 2.20. The number of aromatic nitrogens is 3. The monoisotopic (exact) mass is 279 g/mol. The molecule has 1 aliphatic heterocycles. The van der Waals surface area contributed by atoms with Gasteiger partial charge in [0.05, 0.1) is 0 Å². The Morgan fingerprint density at radius 2 is 1.90 bits per heavy atom. The number of hydrogen-bond acceptors (Lipinski definition) is 4. The highest BCUT2D eigenvalue weighted by atomic mass is 16.2. The molecule has 1 fully saturated rings. The summed E-state index contributed by atoms with van der Waals surface area (Å²) < 4.78 is 0. The van der Waals surface area contributed by atoms with E-state index in [0.717, 1.165) is 0 Å². The molecule has 0 saturated carbocycles. The smallest absolute Gasteiger partial charge is 0.293 e. The summed E-state index contributed by atoms with van der Waals surface area (Å²) in [5, 5.41) is 6.80. The summed E-state index contributed by atoms with van der Waals surface area (Å²) in [5.41, 5.74) is 5.10. The summed E-state index contributed by atoms with van der Waals surface area (Å²) in [4.78, 5) is 29.3. The van der Waals surface area contributed by atoms with Crippen LogP contribution in [-0.4, -0.2) is 45.0 Å². The van der Waals surface area contributed by atoms with Crippen molar-refractivity contribution in [2.24, 2.45) is 11.7 Å². The van der Waals surface area contributed by atoms with Crippen LogP contribution < -0.4 is 5.73 Å². The lowest BCUT2D eigenvalue weighted by molar-refractivity contribution is -0.123. The zero-order valence-electron chi connectivity index (χ0n) is 12.1. The largest absolute Gasteiger partial charge is 0.369 e. The topological polar surface area (TPSA) is 105 Å². The SMILES string of the molecule is CC(C)(C)c1nc(C(=O)N2CCC(C(N)=O)CC2)n[nH]1. The maximum absolute atomic E-state index is 12.3. The summed E-state index contributed by atoms with van der Waals surface area (Å²) in [6.07, 6.45) is 1.22. The zero-order valence-corrected chi connectivity index (χ0v) is 12.1. The molecule has 20 heavy (non-hydrogen) atoms. The van der Waals surface area contributed by atoms with E-state index in [2.05, 4.69) is 15.2 Å². The van der Waals surface area contributed by atoms with Crippen LogP contribution in [0.15, 0.2) is 0 Å². The highest BCUT2D eigenvalue weighted by molar-refractivity contribution is 5.90.